The fraction of sp³-hybridized carbons (Fsp3) is 0.211. The van der Waals surface area contributed by atoms with Gasteiger partial charge in [-0.05, 0) is 49.7 Å². The molecule has 0 heterocycles. The summed E-state index contributed by atoms with van der Waals surface area (Å²) >= 11 is 17.8. The molecule has 0 aliphatic carbocycles. The molecule has 152 valence electrons. The number of amides is 2. The van der Waals surface area contributed by atoms with Gasteiger partial charge >= 0.3 is 0 Å². The third-order valence-corrected chi connectivity index (χ3v) is 5.29. The Balaban J connectivity index is 2.10. The van der Waals surface area contributed by atoms with E-state index in [4.69, 9.17) is 40.1 Å². The Labute approximate surface area is 182 Å². The third kappa shape index (κ3) is 5.52. The molecule has 2 rings (SSSR count). The predicted molar refractivity (Wildman–Crippen MR) is 112 cm³/mol. The summed E-state index contributed by atoms with van der Waals surface area (Å²) in [5, 5.41) is 22.6. The van der Waals surface area contributed by atoms with Crippen molar-refractivity contribution >= 4 is 52.3 Å². The second kappa shape index (κ2) is 9.81. The standard InChI is InChI=1S/C19H17Cl3N4O3/c1-9-15(6-4-12(8-23)16(9)22)24-17(10(2)27)19(29)26-25-18(28)11-3-5-13(20)14(21)7-11/h3-7,10,17,24,27H,1-2H3,(H,25,28)(H,26,29)/t10?,17-/m1/s1. The Morgan fingerprint density at radius 3 is 2.38 bits per heavy atom. The van der Waals surface area contributed by atoms with E-state index in [0.717, 1.165) is 0 Å². The fourth-order valence-electron chi connectivity index (χ4n) is 2.41. The van der Waals surface area contributed by atoms with Crippen molar-refractivity contribution in [1.82, 2.24) is 10.9 Å². The van der Waals surface area contributed by atoms with Crippen molar-refractivity contribution in [1.29, 1.82) is 5.26 Å². The molecule has 7 nitrogen and oxygen atoms in total. The first-order chi connectivity index (χ1) is 13.6. The van der Waals surface area contributed by atoms with Crippen molar-refractivity contribution in [2.45, 2.75) is 26.0 Å². The van der Waals surface area contributed by atoms with Gasteiger partial charge in [-0.15, -0.1) is 0 Å². The number of hydrazine groups is 1. The second-order valence-corrected chi connectivity index (χ2v) is 7.34. The fourth-order valence-corrected chi connectivity index (χ4v) is 2.91. The van der Waals surface area contributed by atoms with Gasteiger partial charge in [0.05, 0.1) is 26.7 Å². The van der Waals surface area contributed by atoms with E-state index >= 15 is 0 Å². The highest BCUT2D eigenvalue weighted by atomic mass is 35.5. The van der Waals surface area contributed by atoms with Crippen LogP contribution in [0.25, 0.3) is 0 Å². The first-order valence-corrected chi connectivity index (χ1v) is 9.48. The van der Waals surface area contributed by atoms with Crippen molar-refractivity contribution in [3.63, 3.8) is 0 Å². The summed E-state index contributed by atoms with van der Waals surface area (Å²) in [7, 11) is 0. The summed E-state index contributed by atoms with van der Waals surface area (Å²) in [6.45, 7) is 3.09. The van der Waals surface area contributed by atoms with Crippen LogP contribution >= 0.6 is 34.8 Å². The van der Waals surface area contributed by atoms with Crippen LogP contribution in [0.4, 0.5) is 5.69 Å². The van der Waals surface area contributed by atoms with Crippen LogP contribution in [0.1, 0.15) is 28.4 Å². The molecule has 2 amide bonds. The van der Waals surface area contributed by atoms with Gasteiger partial charge in [0.2, 0.25) is 0 Å². The molecule has 0 saturated heterocycles. The molecule has 2 aromatic carbocycles. The first kappa shape index (κ1) is 22.8. The Bertz CT molecular complexity index is 989. The zero-order valence-corrected chi connectivity index (χ0v) is 17.7. The van der Waals surface area contributed by atoms with E-state index in [1.165, 1.54) is 31.2 Å². The monoisotopic (exact) mass is 454 g/mol. The molecule has 10 heteroatoms. The molecule has 0 spiro atoms. The number of halogens is 3. The average molecular weight is 456 g/mol. The number of rotatable bonds is 5. The zero-order valence-electron chi connectivity index (χ0n) is 15.4. The summed E-state index contributed by atoms with van der Waals surface area (Å²) in [5.41, 5.74) is 5.99. The molecule has 29 heavy (non-hydrogen) atoms. The molecule has 4 N–H and O–H groups in total. The minimum Gasteiger partial charge on any atom is -0.391 e. The molecule has 0 fully saturated rings. The summed E-state index contributed by atoms with van der Waals surface area (Å²) in [5.74, 6) is -1.30. The molecule has 2 aromatic rings. The van der Waals surface area contributed by atoms with Crippen LogP contribution in [-0.4, -0.2) is 29.1 Å². The highest BCUT2D eigenvalue weighted by Gasteiger charge is 2.25. The molecule has 1 unspecified atom stereocenters. The molecular weight excluding hydrogens is 439 g/mol. The molecule has 0 saturated carbocycles. The predicted octanol–water partition coefficient (Wildman–Crippen LogP) is 3.45. The van der Waals surface area contributed by atoms with Crippen LogP contribution in [0.3, 0.4) is 0 Å². The number of carbonyl (C=O) groups excluding carboxylic acids is 2. The average Bonchev–Trinajstić information content (AvgIpc) is 2.68. The first-order valence-electron chi connectivity index (χ1n) is 8.34. The maximum absolute atomic E-state index is 12.5. The van der Waals surface area contributed by atoms with Gasteiger partial charge in [0, 0.05) is 11.3 Å². The smallest absolute Gasteiger partial charge is 0.269 e. The molecule has 0 radical (unpaired) electrons. The highest BCUT2D eigenvalue weighted by molar-refractivity contribution is 6.42. The van der Waals surface area contributed by atoms with E-state index in [1.807, 2.05) is 6.07 Å². The number of carbonyl (C=O) groups is 2. The van der Waals surface area contributed by atoms with Crippen LogP contribution in [-0.2, 0) is 4.79 Å². The van der Waals surface area contributed by atoms with Crippen molar-refractivity contribution < 1.29 is 14.7 Å². The number of nitriles is 1. The minimum absolute atomic E-state index is 0.191. The number of hydrogen-bond donors (Lipinski definition) is 4. The van der Waals surface area contributed by atoms with Gasteiger partial charge in [-0.1, -0.05) is 34.8 Å². The van der Waals surface area contributed by atoms with Gasteiger partial charge < -0.3 is 10.4 Å². The number of nitrogens with one attached hydrogen (secondary N) is 3. The van der Waals surface area contributed by atoms with Crippen molar-refractivity contribution in [2.24, 2.45) is 0 Å². The van der Waals surface area contributed by atoms with E-state index in [0.29, 0.717) is 21.8 Å². The van der Waals surface area contributed by atoms with Crippen LogP contribution in [0, 0.1) is 18.3 Å². The molecular formula is C19H17Cl3N4O3. The SMILES string of the molecule is Cc1c(N[C@@H](C(=O)NNC(=O)c2ccc(Cl)c(Cl)c2)C(C)O)ccc(C#N)c1Cl. The number of hydrogen-bond acceptors (Lipinski definition) is 5. The zero-order chi connectivity index (χ0) is 21.7. The van der Waals surface area contributed by atoms with E-state index < -0.39 is 24.0 Å². The summed E-state index contributed by atoms with van der Waals surface area (Å²) < 4.78 is 0. The number of benzene rings is 2. The third-order valence-electron chi connectivity index (χ3n) is 4.06. The lowest BCUT2D eigenvalue weighted by atomic mass is 10.1. The van der Waals surface area contributed by atoms with Crippen LogP contribution in [0.2, 0.25) is 15.1 Å². The maximum Gasteiger partial charge on any atom is 0.269 e. The molecule has 0 aromatic heterocycles. The van der Waals surface area contributed by atoms with Crippen molar-refractivity contribution in [3.8, 4) is 6.07 Å². The molecule has 0 bridgehead atoms. The number of anilines is 1. The normalized spacial score (nSPS) is 12.4. The molecule has 0 aliphatic heterocycles. The van der Waals surface area contributed by atoms with Crippen LogP contribution in [0.5, 0.6) is 0 Å². The number of aliphatic hydroxyl groups is 1. The summed E-state index contributed by atoms with van der Waals surface area (Å²) in [6, 6.07) is 8.20. The Morgan fingerprint density at radius 2 is 1.79 bits per heavy atom. The minimum atomic E-state index is -1.11. The number of nitrogens with zero attached hydrogens (tertiary/aromatic N) is 1. The molecule has 2 atom stereocenters. The quantitative estimate of drug-likeness (QED) is 0.516. The van der Waals surface area contributed by atoms with Gasteiger partial charge in [-0.25, -0.2) is 0 Å². The lowest BCUT2D eigenvalue weighted by molar-refractivity contribution is -0.124. The van der Waals surface area contributed by atoms with Gasteiger partial charge in [0.25, 0.3) is 11.8 Å². The Kier molecular flexibility index (Phi) is 7.71. The number of aliphatic hydroxyl groups excluding tert-OH is 1. The van der Waals surface area contributed by atoms with Crippen LogP contribution in [0.15, 0.2) is 30.3 Å². The maximum atomic E-state index is 12.5. The van der Waals surface area contributed by atoms with Gasteiger partial charge in [0.15, 0.2) is 0 Å². The second-order valence-electron chi connectivity index (χ2n) is 6.15. The largest absolute Gasteiger partial charge is 0.391 e. The van der Waals surface area contributed by atoms with E-state index in [1.54, 1.807) is 13.0 Å². The summed E-state index contributed by atoms with van der Waals surface area (Å²) in [6.07, 6.45) is -1.11. The Hall–Kier alpha value is -2.50. The molecule has 0 aliphatic rings. The lowest BCUT2D eigenvalue weighted by Gasteiger charge is -2.23. The van der Waals surface area contributed by atoms with E-state index in [9.17, 15) is 14.7 Å². The Morgan fingerprint density at radius 1 is 1.10 bits per heavy atom. The lowest BCUT2D eigenvalue weighted by Crippen LogP contribution is -2.52. The van der Waals surface area contributed by atoms with Gasteiger partial charge in [-0.3, -0.25) is 20.4 Å². The topological polar surface area (TPSA) is 114 Å². The van der Waals surface area contributed by atoms with E-state index in [2.05, 4.69) is 16.2 Å². The van der Waals surface area contributed by atoms with Crippen molar-refractivity contribution in [3.05, 3.63) is 62.1 Å². The van der Waals surface area contributed by atoms with E-state index in [-0.39, 0.29) is 15.6 Å². The van der Waals surface area contributed by atoms with Crippen molar-refractivity contribution in [2.75, 3.05) is 5.32 Å². The van der Waals surface area contributed by atoms with Gasteiger partial charge in [-0.2, -0.15) is 5.26 Å². The van der Waals surface area contributed by atoms with Gasteiger partial charge in [0.1, 0.15) is 12.1 Å². The highest BCUT2D eigenvalue weighted by Crippen LogP contribution is 2.27. The summed E-state index contributed by atoms with van der Waals surface area (Å²) in [4.78, 5) is 24.7. The van der Waals surface area contributed by atoms with Crippen LogP contribution < -0.4 is 16.2 Å².